The van der Waals surface area contributed by atoms with E-state index >= 15 is 0 Å². The molecular weight excluding hydrogens is 226 g/mol. The molecule has 4 nitrogen and oxygen atoms in total. The van der Waals surface area contributed by atoms with Crippen LogP contribution in [0.25, 0.3) is 0 Å². The van der Waals surface area contributed by atoms with E-state index in [9.17, 15) is 4.79 Å². The maximum atomic E-state index is 11.7. The highest BCUT2D eigenvalue weighted by Crippen LogP contribution is 2.20. The number of nitrogens with one attached hydrogen (secondary N) is 1. The van der Waals surface area contributed by atoms with E-state index in [2.05, 4.69) is 5.32 Å². The number of rotatable bonds is 2. The summed E-state index contributed by atoms with van der Waals surface area (Å²) in [4.78, 5) is 11.7. The molecule has 1 N–H and O–H groups in total. The fourth-order valence-corrected chi connectivity index (χ4v) is 1.50. The minimum absolute atomic E-state index is 0.0886. The molecule has 1 aromatic rings. The largest absolute Gasteiger partial charge is 0.326 e. The van der Waals surface area contributed by atoms with Crippen molar-refractivity contribution in [1.82, 2.24) is 0 Å². The Kier molecular flexibility index (Phi) is 4.07. The molecule has 0 bridgehead atoms. The topological polar surface area (TPSA) is 76.7 Å². The Balaban J connectivity index is 2.85. The van der Waals surface area contributed by atoms with Gasteiger partial charge in [-0.2, -0.15) is 10.5 Å². The van der Waals surface area contributed by atoms with Gasteiger partial charge in [-0.15, -0.1) is 0 Å². The number of carbonyl (C=O) groups is 1. The maximum Gasteiger partial charge on any atom is 0.224 e. The normalized spacial score (nSPS) is 10.3. The highest BCUT2D eigenvalue weighted by atomic mass is 16.1. The van der Waals surface area contributed by atoms with E-state index in [1.807, 2.05) is 32.9 Å². The monoisotopic (exact) mass is 241 g/mol. The Morgan fingerprint density at radius 3 is 2.33 bits per heavy atom. The molecule has 1 amide bonds. The van der Waals surface area contributed by atoms with Gasteiger partial charge < -0.3 is 5.32 Å². The van der Waals surface area contributed by atoms with Crippen molar-refractivity contribution in [2.45, 2.75) is 27.2 Å². The molecule has 0 heterocycles. The molecule has 4 heteroatoms. The minimum Gasteiger partial charge on any atom is -0.326 e. The maximum absolute atomic E-state index is 11.7. The van der Waals surface area contributed by atoms with Crippen LogP contribution in [-0.2, 0) is 4.79 Å². The van der Waals surface area contributed by atoms with Crippen molar-refractivity contribution in [2.75, 3.05) is 5.32 Å². The van der Waals surface area contributed by atoms with Crippen molar-refractivity contribution in [2.24, 2.45) is 5.41 Å². The van der Waals surface area contributed by atoms with Crippen LogP contribution in [0.4, 0.5) is 5.69 Å². The van der Waals surface area contributed by atoms with E-state index in [1.165, 1.54) is 12.1 Å². The molecule has 0 aliphatic rings. The lowest BCUT2D eigenvalue weighted by molar-refractivity contribution is -0.117. The summed E-state index contributed by atoms with van der Waals surface area (Å²) >= 11 is 0. The van der Waals surface area contributed by atoms with Crippen LogP contribution in [0.3, 0.4) is 0 Å². The Morgan fingerprint density at radius 2 is 1.83 bits per heavy atom. The molecule has 18 heavy (non-hydrogen) atoms. The first-order chi connectivity index (χ1) is 8.35. The number of nitriles is 2. The van der Waals surface area contributed by atoms with E-state index < -0.39 is 0 Å². The van der Waals surface area contributed by atoms with Crippen LogP contribution in [0, 0.1) is 28.1 Å². The van der Waals surface area contributed by atoms with E-state index in [0.717, 1.165) is 0 Å². The van der Waals surface area contributed by atoms with E-state index in [4.69, 9.17) is 10.5 Å². The molecule has 0 saturated carbocycles. The Hall–Kier alpha value is -2.33. The molecule has 0 spiro atoms. The van der Waals surface area contributed by atoms with Crippen LogP contribution < -0.4 is 5.32 Å². The van der Waals surface area contributed by atoms with Crippen molar-refractivity contribution >= 4 is 11.6 Å². The summed E-state index contributed by atoms with van der Waals surface area (Å²) < 4.78 is 0. The van der Waals surface area contributed by atoms with E-state index in [-0.39, 0.29) is 16.9 Å². The number of amides is 1. The van der Waals surface area contributed by atoms with Gasteiger partial charge in [-0.25, -0.2) is 0 Å². The summed E-state index contributed by atoms with van der Waals surface area (Å²) in [6, 6.07) is 8.54. The van der Waals surface area contributed by atoms with Crippen molar-refractivity contribution < 1.29 is 4.79 Å². The Bertz CT molecular complexity index is 542. The first-order valence-electron chi connectivity index (χ1n) is 5.60. The second-order valence-corrected chi connectivity index (χ2v) is 5.27. The first-order valence-corrected chi connectivity index (χ1v) is 5.60. The highest BCUT2D eigenvalue weighted by molar-refractivity contribution is 5.91. The summed E-state index contributed by atoms with van der Waals surface area (Å²) in [7, 11) is 0. The second-order valence-electron chi connectivity index (χ2n) is 5.27. The predicted octanol–water partition coefficient (Wildman–Crippen LogP) is 2.80. The molecule has 0 radical (unpaired) electrons. The number of benzene rings is 1. The fourth-order valence-electron chi connectivity index (χ4n) is 1.50. The number of hydrogen-bond donors (Lipinski definition) is 1. The van der Waals surface area contributed by atoms with Crippen molar-refractivity contribution in [1.29, 1.82) is 10.5 Å². The van der Waals surface area contributed by atoms with Crippen molar-refractivity contribution in [3.8, 4) is 12.1 Å². The quantitative estimate of drug-likeness (QED) is 0.864. The molecule has 0 unspecified atom stereocenters. The number of nitrogens with zero attached hydrogens (tertiary/aromatic N) is 2. The smallest absolute Gasteiger partial charge is 0.224 e. The number of carbonyl (C=O) groups excluding carboxylic acids is 1. The summed E-state index contributed by atoms with van der Waals surface area (Å²) in [6.07, 6.45) is 0.398. The van der Waals surface area contributed by atoms with Crippen LogP contribution in [-0.4, -0.2) is 5.91 Å². The van der Waals surface area contributed by atoms with Gasteiger partial charge in [-0.05, 0) is 23.6 Å². The SMILES string of the molecule is CC(C)(C)CC(=O)Nc1ccc(C#N)c(C#N)c1. The average Bonchev–Trinajstić information content (AvgIpc) is 2.26. The minimum atomic E-state index is -0.101. The molecule has 1 aromatic carbocycles. The molecule has 92 valence electrons. The standard InChI is InChI=1S/C14H15N3O/c1-14(2,3)7-13(18)17-12-5-4-10(8-15)11(6-12)9-16/h4-6H,7H2,1-3H3,(H,17,18). The lowest BCUT2D eigenvalue weighted by atomic mass is 9.92. The summed E-state index contributed by atoms with van der Waals surface area (Å²) in [5, 5.41) is 20.4. The lowest BCUT2D eigenvalue weighted by Gasteiger charge is -2.17. The van der Waals surface area contributed by atoms with Crippen LogP contribution in [0.15, 0.2) is 18.2 Å². The van der Waals surface area contributed by atoms with Gasteiger partial charge in [0.1, 0.15) is 12.1 Å². The van der Waals surface area contributed by atoms with Gasteiger partial charge in [0.15, 0.2) is 0 Å². The van der Waals surface area contributed by atoms with Gasteiger partial charge in [0.05, 0.1) is 11.1 Å². The van der Waals surface area contributed by atoms with Gasteiger partial charge >= 0.3 is 0 Å². The molecule has 0 saturated heterocycles. The average molecular weight is 241 g/mol. The van der Waals surface area contributed by atoms with Gasteiger partial charge in [0, 0.05) is 12.1 Å². The van der Waals surface area contributed by atoms with Gasteiger partial charge in [0.2, 0.25) is 5.91 Å². The number of hydrogen-bond acceptors (Lipinski definition) is 3. The zero-order valence-corrected chi connectivity index (χ0v) is 10.7. The van der Waals surface area contributed by atoms with Gasteiger partial charge in [-0.1, -0.05) is 20.8 Å². The third-order valence-corrected chi connectivity index (χ3v) is 2.24. The molecule has 0 aliphatic carbocycles. The van der Waals surface area contributed by atoms with Crippen molar-refractivity contribution in [3.05, 3.63) is 29.3 Å². The molecule has 0 aromatic heterocycles. The van der Waals surface area contributed by atoms with E-state index in [0.29, 0.717) is 17.7 Å². The molecular formula is C14H15N3O. The van der Waals surface area contributed by atoms with Crippen LogP contribution in [0.2, 0.25) is 0 Å². The second kappa shape index (κ2) is 5.33. The molecule has 0 atom stereocenters. The first kappa shape index (κ1) is 13.7. The Morgan fingerprint density at radius 1 is 1.22 bits per heavy atom. The highest BCUT2D eigenvalue weighted by Gasteiger charge is 2.16. The van der Waals surface area contributed by atoms with Gasteiger partial charge in [0.25, 0.3) is 0 Å². The third kappa shape index (κ3) is 3.92. The predicted molar refractivity (Wildman–Crippen MR) is 68.6 cm³/mol. The third-order valence-electron chi connectivity index (χ3n) is 2.24. The summed E-state index contributed by atoms with van der Waals surface area (Å²) in [5.74, 6) is -0.101. The Labute approximate surface area is 107 Å². The fraction of sp³-hybridized carbons (Fsp3) is 0.357. The van der Waals surface area contributed by atoms with E-state index in [1.54, 1.807) is 6.07 Å². The van der Waals surface area contributed by atoms with Gasteiger partial charge in [-0.3, -0.25) is 4.79 Å². The molecule has 1 rings (SSSR count). The molecule has 0 fully saturated rings. The lowest BCUT2D eigenvalue weighted by Crippen LogP contribution is -2.19. The summed E-state index contributed by atoms with van der Waals surface area (Å²) in [6.45, 7) is 5.93. The van der Waals surface area contributed by atoms with Crippen LogP contribution >= 0.6 is 0 Å². The van der Waals surface area contributed by atoms with Crippen molar-refractivity contribution in [3.63, 3.8) is 0 Å². The number of anilines is 1. The zero-order valence-electron chi connectivity index (χ0n) is 10.7. The van der Waals surface area contributed by atoms with Crippen LogP contribution in [0.1, 0.15) is 38.3 Å². The zero-order chi connectivity index (χ0) is 13.8. The molecule has 0 aliphatic heterocycles. The summed E-state index contributed by atoms with van der Waals surface area (Å²) in [5.41, 5.74) is 1.03. The van der Waals surface area contributed by atoms with Crippen LogP contribution in [0.5, 0.6) is 0 Å².